The summed E-state index contributed by atoms with van der Waals surface area (Å²) in [6.07, 6.45) is 0.883. The monoisotopic (exact) mass is 277 g/mol. The first kappa shape index (κ1) is 16.2. The fourth-order valence-corrected chi connectivity index (χ4v) is 1.73. The molecule has 1 aromatic rings. The first-order valence-electron chi connectivity index (χ1n) is 6.71. The van der Waals surface area contributed by atoms with Crippen molar-refractivity contribution in [3.05, 3.63) is 29.8 Å². The van der Waals surface area contributed by atoms with Gasteiger partial charge in [0.15, 0.2) is 5.78 Å². The van der Waals surface area contributed by atoms with Crippen LogP contribution in [0.1, 0.15) is 30.6 Å². The third-order valence-corrected chi connectivity index (χ3v) is 2.91. The predicted molar refractivity (Wildman–Crippen MR) is 81.2 cm³/mol. The number of carbonyl (C=O) groups is 2. The minimum absolute atomic E-state index is 0.0200. The van der Waals surface area contributed by atoms with Crippen molar-refractivity contribution < 1.29 is 9.59 Å². The Morgan fingerprint density at radius 3 is 2.60 bits per heavy atom. The molecule has 0 aliphatic rings. The zero-order chi connectivity index (χ0) is 15.1. The molecular formula is C15H23N3O2. The molecule has 0 aliphatic carbocycles. The van der Waals surface area contributed by atoms with Gasteiger partial charge < -0.3 is 15.5 Å². The van der Waals surface area contributed by atoms with Crippen LogP contribution in [0.25, 0.3) is 0 Å². The zero-order valence-electron chi connectivity index (χ0n) is 12.6. The molecule has 0 fully saturated rings. The third-order valence-electron chi connectivity index (χ3n) is 2.91. The molecule has 5 nitrogen and oxygen atoms in total. The highest BCUT2D eigenvalue weighted by Gasteiger charge is 2.08. The summed E-state index contributed by atoms with van der Waals surface area (Å²) in [6.45, 7) is 4.39. The molecule has 1 aromatic carbocycles. The van der Waals surface area contributed by atoms with Gasteiger partial charge in [-0.15, -0.1) is 0 Å². The molecule has 0 saturated heterocycles. The van der Waals surface area contributed by atoms with Crippen LogP contribution in [-0.2, 0) is 0 Å². The lowest BCUT2D eigenvalue weighted by molar-refractivity contribution is 0.101. The lowest BCUT2D eigenvalue weighted by atomic mass is 10.1. The molecule has 5 heteroatoms. The lowest BCUT2D eigenvalue weighted by Gasteiger charge is -2.17. The fraction of sp³-hybridized carbons (Fsp3) is 0.467. The van der Waals surface area contributed by atoms with Crippen LogP contribution in [0.2, 0.25) is 0 Å². The standard InChI is InChI=1S/C15H23N3O2/c1-11(8-9-18(3)4)16-15(20)17-14-7-5-6-13(10-14)12(2)19/h5-7,10-11H,8-9H2,1-4H3,(H2,16,17,20). The number of hydrogen-bond donors (Lipinski definition) is 2. The van der Waals surface area contributed by atoms with E-state index in [2.05, 4.69) is 15.5 Å². The highest BCUT2D eigenvalue weighted by atomic mass is 16.2. The second-order valence-corrected chi connectivity index (χ2v) is 5.23. The number of Topliss-reactive ketones (excluding diaryl/α,β-unsaturated/α-hetero) is 1. The number of ketones is 1. The van der Waals surface area contributed by atoms with E-state index in [1.807, 2.05) is 21.0 Å². The van der Waals surface area contributed by atoms with Crippen LogP contribution in [0.4, 0.5) is 10.5 Å². The fourth-order valence-electron chi connectivity index (χ4n) is 1.73. The Balaban J connectivity index is 2.49. The highest BCUT2D eigenvalue weighted by Crippen LogP contribution is 2.11. The summed E-state index contributed by atoms with van der Waals surface area (Å²) in [6, 6.07) is 6.75. The second-order valence-electron chi connectivity index (χ2n) is 5.23. The van der Waals surface area contributed by atoms with Crippen LogP contribution in [-0.4, -0.2) is 43.4 Å². The van der Waals surface area contributed by atoms with Crippen LogP contribution in [0, 0.1) is 0 Å². The van der Waals surface area contributed by atoms with Gasteiger partial charge in [-0.1, -0.05) is 12.1 Å². The van der Waals surface area contributed by atoms with Crippen LogP contribution < -0.4 is 10.6 Å². The van der Waals surface area contributed by atoms with Crippen LogP contribution in [0.3, 0.4) is 0 Å². The summed E-state index contributed by atoms with van der Waals surface area (Å²) in [5, 5.41) is 5.61. The third kappa shape index (κ3) is 5.84. The molecule has 0 aliphatic heterocycles. The maximum Gasteiger partial charge on any atom is 0.319 e. The summed E-state index contributed by atoms with van der Waals surface area (Å²) in [5.41, 5.74) is 1.21. The number of carbonyl (C=O) groups excluding carboxylic acids is 2. The number of anilines is 1. The second kappa shape index (κ2) is 7.65. The molecule has 0 saturated carbocycles. The van der Waals surface area contributed by atoms with Gasteiger partial charge in [-0.3, -0.25) is 4.79 Å². The first-order valence-corrected chi connectivity index (χ1v) is 6.71. The lowest BCUT2D eigenvalue weighted by Crippen LogP contribution is -2.37. The van der Waals surface area contributed by atoms with E-state index in [0.29, 0.717) is 11.3 Å². The maximum atomic E-state index is 11.8. The van der Waals surface area contributed by atoms with Crippen molar-refractivity contribution in [2.24, 2.45) is 0 Å². The van der Waals surface area contributed by atoms with Crippen molar-refractivity contribution in [3.8, 4) is 0 Å². The van der Waals surface area contributed by atoms with Crippen molar-refractivity contribution in [2.75, 3.05) is 26.0 Å². The number of urea groups is 1. The highest BCUT2D eigenvalue weighted by molar-refractivity contribution is 5.96. The Labute approximate surface area is 120 Å². The Hall–Kier alpha value is -1.88. The number of benzene rings is 1. The Morgan fingerprint density at radius 1 is 1.30 bits per heavy atom. The minimum atomic E-state index is -0.253. The number of nitrogens with zero attached hydrogens (tertiary/aromatic N) is 1. The summed E-state index contributed by atoms with van der Waals surface area (Å²) in [7, 11) is 4.00. The number of amides is 2. The molecule has 2 amide bonds. The summed E-state index contributed by atoms with van der Waals surface area (Å²) in [4.78, 5) is 25.2. The van der Waals surface area contributed by atoms with Gasteiger partial charge in [0, 0.05) is 17.3 Å². The molecule has 0 heterocycles. The average Bonchev–Trinajstić information content (AvgIpc) is 2.36. The van der Waals surface area contributed by atoms with Crippen molar-refractivity contribution in [1.82, 2.24) is 10.2 Å². The van der Waals surface area contributed by atoms with Crippen molar-refractivity contribution in [1.29, 1.82) is 0 Å². The van der Waals surface area contributed by atoms with Crippen LogP contribution in [0.5, 0.6) is 0 Å². The van der Waals surface area contributed by atoms with Gasteiger partial charge in [-0.25, -0.2) is 4.79 Å². The Bertz CT molecular complexity index is 472. The molecule has 1 unspecified atom stereocenters. The first-order chi connectivity index (χ1) is 9.38. The molecule has 110 valence electrons. The normalized spacial score (nSPS) is 12.1. The minimum Gasteiger partial charge on any atom is -0.335 e. The van der Waals surface area contributed by atoms with Gasteiger partial charge in [-0.05, 0) is 53.0 Å². The molecule has 0 radical (unpaired) electrons. The van der Waals surface area contributed by atoms with Crippen LogP contribution >= 0.6 is 0 Å². The molecule has 20 heavy (non-hydrogen) atoms. The molecule has 1 rings (SSSR count). The number of hydrogen-bond acceptors (Lipinski definition) is 3. The van der Waals surface area contributed by atoms with E-state index in [-0.39, 0.29) is 17.9 Å². The Morgan fingerprint density at radius 2 is 2.00 bits per heavy atom. The van der Waals surface area contributed by atoms with Gasteiger partial charge >= 0.3 is 6.03 Å². The SMILES string of the molecule is CC(=O)c1cccc(NC(=O)NC(C)CCN(C)C)c1. The van der Waals surface area contributed by atoms with E-state index < -0.39 is 0 Å². The molecule has 1 atom stereocenters. The average molecular weight is 277 g/mol. The molecule has 0 aromatic heterocycles. The van der Waals surface area contributed by atoms with Crippen LogP contribution in [0.15, 0.2) is 24.3 Å². The topological polar surface area (TPSA) is 61.4 Å². The molecule has 0 spiro atoms. The van der Waals surface area contributed by atoms with Gasteiger partial charge in [0.1, 0.15) is 0 Å². The van der Waals surface area contributed by atoms with E-state index in [1.165, 1.54) is 6.92 Å². The van der Waals surface area contributed by atoms with Crippen molar-refractivity contribution >= 4 is 17.5 Å². The van der Waals surface area contributed by atoms with E-state index >= 15 is 0 Å². The Kier molecular flexibility index (Phi) is 6.18. The van der Waals surface area contributed by atoms with E-state index in [0.717, 1.165) is 13.0 Å². The van der Waals surface area contributed by atoms with Gasteiger partial charge in [0.05, 0.1) is 0 Å². The van der Waals surface area contributed by atoms with E-state index in [1.54, 1.807) is 24.3 Å². The quantitative estimate of drug-likeness (QED) is 0.785. The molecule has 2 N–H and O–H groups in total. The van der Waals surface area contributed by atoms with Gasteiger partial charge in [0.25, 0.3) is 0 Å². The van der Waals surface area contributed by atoms with Crippen molar-refractivity contribution in [2.45, 2.75) is 26.3 Å². The molecule has 0 bridgehead atoms. The summed E-state index contributed by atoms with van der Waals surface area (Å²) < 4.78 is 0. The smallest absolute Gasteiger partial charge is 0.319 e. The largest absolute Gasteiger partial charge is 0.335 e. The van der Waals surface area contributed by atoms with E-state index in [9.17, 15) is 9.59 Å². The predicted octanol–water partition coefficient (Wildman–Crippen LogP) is 2.35. The number of rotatable bonds is 6. The van der Waals surface area contributed by atoms with Gasteiger partial charge in [-0.2, -0.15) is 0 Å². The molecular weight excluding hydrogens is 254 g/mol. The van der Waals surface area contributed by atoms with E-state index in [4.69, 9.17) is 0 Å². The van der Waals surface area contributed by atoms with Gasteiger partial charge in [0.2, 0.25) is 0 Å². The zero-order valence-corrected chi connectivity index (χ0v) is 12.6. The summed E-state index contributed by atoms with van der Waals surface area (Å²) >= 11 is 0. The number of nitrogens with one attached hydrogen (secondary N) is 2. The maximum absolute atomic E-state index is 11.8. The summed E-state index contributed by atoms with van der Waals surface area (Å²) in [5.74, 6) is -0.0200. The van der Waals surface area contributed by atoms with Crippen molar-refractivity contribution in [3.63, 3.8) is 0 Å².